The topological polar surface area (TPSA) is 71.2 Å². The molecule has 1 aliphatic rings. The van der Waals surface area contributed by atoms with E-state index < -0.39 is 22.5 Å². The van der Waals surface area contributed by atoms with E-state index in [-0.39, 0.29) is 16.7 Å². The predicted octanol–water partition coefficient (Wildman–Crippen LogP) is 4.66. The van der Waals surface area contributed by atoms with Crippen molar-refractivity contribution in [2.75, 3.05) is 13.6 Å². The molecule has 9 heteroatoms. The third kappa shape index (κ3) is 4.89. The highest BCUT2D eigenvalue weighted by atomic mass is 32.2. The number of hydroxylamine groups is 2. The summed E-state index contributed by atoms with van der Waals surface area (Å²) in [6.07, 6.45) is 0.821. The molecule has 0 saturated heterocycles. The lowest BCUT2D eigenvalue weighted by Gasteiger charge is -2.37. The van der Waals surface area contributed by atoms with E-state index in [4.69, 9.17) is 10.6 Å². The van der Waals surface area contributed by atoms with E-state index in [1.165, 1.54) is 23.8 Å². The van der Waals surface area contributed by atoms with Crippen molar-refractivity contribution >= 4 is 22.8 Å². The van der Waals surface area contributed by atoms with Gasteiger partial charge in [0.1, 0.15) is 21.5 Å². The first-order valence-electron chi connectivity index (χ1n) is 10.0. The Morgan fingerprint density at radius 2 is 1.97 bits per heavy atom. The molecule has 3 rings (SSSR count). The van der Waals surface area contributed by atoms with Gasteiger partial charge >= 0.3 is 6.03 Å². The average molecular weight is 449 g/mol. The first-order valence-corrected chi connectivity index (χ1v) is 10.8. The minimum absolute atomic E-state index is 0.000727. The first kappa shape index (κ1) is 23.2. The number of amides is 2. The summed E-state index contributed by atoms with van der Waals surface area (Å²) in [6.45, 7) is 4.01. The molecule has 2 N–H and O–H groups in total. The van der Waals surface area contributed by atoms with Gasteiger partial charge in [-0.3, -0.25) is 4.84 Å². The van der Waals surface area contributed by atoms with E-state index in [1.54, 1.807) is 13.8 Å². The second kappa shape index (κ2) is 9.76. The molecular weight excluding hydrogens is 422 g/mol. The highest BCUT2D eigenvalue weighted by Crippen LogP contribution is 2.50. The van der Waals surface area contributed by atoms with Gasteiger partial charge in [0, 0.05) is 12.6 Å². The molecular formula is C22H26F2N4O2S. The Kier molecular flexibility index (Phi) is 7.30. The second-order valence-electron chi connectivity index (χ2n) is 7.42. The van der Waals surface area contributed by atoms with Crippen LogP contribution < -0.4 is 5.73 Å². The molecule has 0 fully saturated rings. The molecule has 1 atom stereocenters. The number of urea groups is 1. The molecule has 0 aromatic heterocycles. The van der Waals surface area contributed by atoms with Gasteiger partial charge in [0.15, 0.2) is 0 Å². The summed E-state index contributed by atoms with van der Waals surface area (Å²) < 4.78 is 28.5. The Balaban J connectivity index is 2.13. The summed E-state index contributed by atoms with van der Waals surface area (Å²) in [6, 6.07) is 12.0. The van der Waals surface area contributed by atoms with Gasteiger partial charge in [-0.25, -0.2) is 18.6 Å². The lowest BCUT2D eigenvalue weighted by atomic mass is 10.0. The Morgan fingerprint density at radius 1 is 1.26 bits per heavy atom. The zero-order valence-electron chi connectivity index (χ0n) is 17.7. The van der Waals surface area contributed by atoms with Gasteiger partial charge in [0.05, 0.1) is 6.10 Å². The van der Waals surface area contributed by atoms with Gasteiger partial charge in [0.2, 0.25) is 0 Å². The van der Waals surface area contributed by atoms with E-state index >= 15 is 0 Å². The summed E-state index contributed by atoms with van der Waals surface area (Å²) in [5.41, 5.74) is 6.59. The summed E-state index contributed by atoms with van der Waals surface area (Å²) >= 11 is 1.21. The summed E-state index contributed by atoms with van der Waals surface area (Å²) in [5, 5.41) is 7.09. The molecule has 0 spiro atoms. The van der Waals surface area contributed by atoms with Gasteiger partial charge in [-0.1, -0.05) is 42.1 Å². The fourth-order valence-corrected chi connectivity index (χ4v) is 4.79. The van der Waals surface area contributed by atoms with Crippen molar-refractivity contribution in [2.24, 2.45) is 10.8 Å². The Hall–Kier alpha value is -2.49. The number of carbonyl (C=O) groups is 1. The Morgan fingerprint density at radius 3 is 2.61 bits per heavy atom. The van der Waals surface area contributed by atoms with Crippen LogP contribution in [-0.4, -0.2) is 40.8 Å². The zero-order chi connectivity index (χ0) is 22.6. The molecule has 1 aliphatic heterocycles. The highest BCUT2D eigenvalue weighted by molar-refractivity contribution is 8.15. The number of hydrogen-bond acceptors (Lipinski definition) is 5. The van der Waals surface area contributed by atoms with E-state index in [0.29, 0.717) is 19.4 Å². The molecule has 0 aliphatic carbocycles. The zero-order valence-corrected chi connectivity index (χ0v) is 18.5. The van der Waals surface area contributed by atoms with Crippen LogP contribution in [0.15, 0.2) is 53.6 Å². The second-order valence-corrected chi connectivity index (χ2v) is 8.69. The number of rotatable bonds is 7. The maximum absolute atomic E-state index is 14.6. The van der Waals surface area contributed by atoms with Crippen molar-refractivity contribution in [3.8, 4) is 0 Å². The van der Waals surface area contributed by atoms with Crippen molar-refractivity contribution in [2.45, 2.75) is 37.7 Å². The maximum Gasteiger partial charge on any atom is 0.365 e. The number of nitrogens with zero attached hydrogens (tertiary/aromatic N) is 3. The van der Waals surface area contributed by atoms with Crippen LogP contribution in [0.3, 0.4) is 0 Å². The van der Waals surface area contributed by atoms with Crippen LogP contribution in [0, 0.1) is 11.6 Å². The lowest BCUT2D eigenvalue weighted by molar-refractivity contribution is -0.141. The van der Waals surface area contributed by atoms with Gasteiger partial charge in [0.25, 0.3) is 0 Å². The Bertz CT molecular complexity index is 958. The van der Waals surface area contributed by atoms with Crippen LogP contribution in [0.25, 0.3) is 0 Å². The van der Waals surface area contributed by atoms with Crippen molar-refractivity contribution < 1.29 is 18.4 Å². The number of hydrazone groups is 1. The largest absolute Gasteiger partial charge is 0.365 e. The van der Waals surface area contributed by atoms with E-state index in [2.05, 4.69) is 5.10 Å². The maximum atomic E-state index is 14.6. The van der Waals surface area contributed by atoms with E-state index in [9.17, 15) is 13.6 Å². The van der Waals surface area contributed by atoms with Gasteiger partial charge in [-0.15, -0.1) is 0 Å². The number of benzene rings is 2. The van der Waals surface area contributed by atoms with Crippen LogP contribution in [0.1, 0.15) is 37.8 Å². The number of carbonyl (C=O) groups excluding carboxylic acids is 1. The summed E-state index contributed by atoms with van der Waals surface area (Å²) in [5.74, 6) is -1.20. The van der Waals surface area contributed by atoms with Crippen molar-refractivity contribution in [3.05, 3.63) is 71.3 Å². The van der Waals surface area contributed by atoms with Crippen molar-refractivity contribution in [1.82, 2.24) is 10.1 Å². The molecule has 2 aromatic rings. The number of thioether (sulfide) groups is 1. The minimum Gasteiger partial charge on any atom is -0.330 e. The fraction of sp³-hybridized carbons (Fsp3) is 0.364. The third-order valence-electron chi connectivity index (χ3n) is 4.72. The fourth-order valence-electron chi connectivity index (χ4n) is 3.38. The van der Waals surface area contributed by atoms with Crippen LogP contribution in [0.2, 0.25) is 0 Å². The molecule has 166 valence electrons. The molecule has 0 saturated carbocycles. The number of nitrogens with two attached hydrogens (primary N) is 1. The first-order chi connectivity index (χ1) is 14.8. The van der Waals surface area contributed by atoms with Crippen LogP contribution in [0.5, 0.6) is 0 Å². The lowest BCUT2D eigenvalue weighted by Crippen LogP contribution is -2.47. The SMILES string of the molecule is CC(C)ON(C)C(=O)N1N=C(c2cc(F)ccc2F)S[C@@]1(CCCN)c1ccccc1. The Labute approximate surface area is 185 Å². The van der Waals surface area contributed by atoms with Crippen LogP contribution >= 0.6 is 11.8 Å². The van der Waals surface area contributed by atoms with E-state index in [0.717, 1.165) is 28.8 Å². The molecule has 2 amide bonds. The molecule has 0 bridgehead atoms. The van der Waals surface area contributed by atoms with E-state index in [1.807, 2.05) is 30.3 Å². The smallest absolute Gasteiger partial charge is 0.330 e. The molecule has 0 radical (unpaired) electrons. The summed E-state index contributed by atoms with van der Waals surface area (Å²) in [4.78, 5) is 17.9. The highest BCUT2D eigenvalue weighted by Gasteiger charge is 2.49. The van der Waals surface area contributed by atoms with Gasteiger partial charge < -0.3 is 5.73 Å². The predicted molar refractivity (Wildman–Crippen MR) is 118 cm³/mol. The molecule has 2 aromatic carbocycles. The minimum atomic E-state index is -0.986. The monoisotopic (exact) mass is 448 g/mol. The molecule has 1 heterocycles. The normalized spacial score (nSPS) is 18.4. The summed E-state index contributed by atoms with van der Waals surface area (Å²) in [7, 11) is 1.50. The van der Waals surface area contributed by atoms with Crippen LogP contribution in [0.4, 0.5) is 13.6 Å². The molecule has 0 unspecified atom stereocenters. The standard InChI is InChI=1S/C22H26F2N4O2S/c1-15(2)30-27(3)21(29)28-22(12-7-13-25,16-8-5-4-6-9-16)31-20(26-28)18-14-17(23)10-11-19(18)24/h4-6,8-11,14-15H,7,12-13,25H2,1-3H3/t22-/m0/s1. The van der Waals surface area contributed by atoms with Crippen molar-refractivity contribution in [3.63, 3.8) is 0 Å². The van der Waals surface area contributed by atoms with Gasteiger partial charge in [-0.2, -0.15) is 10.1 Å². The molecule has 6 nitrogen and oxygen atoms in total. The molecule has 31 heavy (non-hydrogen) atoms. The quantitative estimate of drug-likeness (QED) is 0.626. The van der Waals surface area contributed by atoms with Gasteiger partial charge in [-0.05, 0) is 57.0 Å². The van der Waals surface area contributed by atoms with Crippen molar-refractivity contribution in [1.29, 1.82) is 0 Å². The number of hydrogen-bond donors (Lipinski definition) is 1. The third-order valence-corrected chi connectivity index (χ3v) is 6.17. The number of halogens is 2. The average Bonchev–Trinajstić information content (AvgIpc) is 3.14. The van der Waals surface area contributed by atoms with Crippen LogP contribution in [-0.2, 0) is 9.71 Å².